The van der Waals surface area contributed by atoms with E-state index in [1.807, 2.05) is 35.2 Å². The van der Waals surface area contributed by atoms with Crippen LogP contribution in [-0.2, 0) is 4.79 Å². The lowest BCUT2D eigenvalue weighted by atomic mass is 10.1. The topological polar surface area (TPSA) is 75.4 Å². The molecule has 132 valence electrons. The zero-order valence-corrected chi connectivity index (χ0v) is 14.4. The number of benzene rings is 1. The van der Waals surface area contributed by atoms with Crippen LogP contribution in [0.15, 0.2) is 40.9 Å². The average Bonchev–Trinajstić information content (AvgIpc) is 2.96. The molecule has 0 radical (unpaired) electrons. The molecule has 2 aromatic rings. The normalized spacial score (nSPS) is 16.4. The van der Waals surface area contributed by atoms with E-state index in [2.05, 4.69) is 10.5 Å². The Hall–Kier alpha value is -2.63. The Morgan fingerprint density at radius 1 is 1.28 bits per heavy atom. The monoisotopic (exact) mass is 341 g/mol. The zero-order chi connectivity index (χ0) is 17.6. The van der Waals surface area contributed by atoms with Gasteiger partial charge in [0.25, 0.3) is 5.91 Å². The first-order valence-corrected chi connectivity index (χ1v) is 8.70. The van der Waals surface area contributed by atoms with Crippen molar-refractivity contribution < 1.29 is 14.1 Å². The van der Waals surface area contributed by atoms with Crippen LogP contribution in [0.2, 0.25) is 0 Å². The third-order valence-electron chi connectivity index (χ3n) is 4.43. The lowest BCUT2D eigenvalue weighted by Gasteiger charge is -2.27. The van der Waals surface area contributed by atoms with Gasteiger partial charge in [-0.05, 0) is 25.3 Å². The summed E-state index contributed by atoms with van der Waals surface area (Å²) in [6, 6.07) is 11.0. The molecule has 6 nitrogen and oxygen atoms in total. The number of rotatable bonds is 5. The fourth-order valence-corrected chi connectivity index (χ4v) is 3.07. The number of hydrogen-bond acceptors (Lipinski definition) is 4. The van der Waals surface area contributed by atoms with Crippen LogP contribution < -0.4 is 5.32 Å². The van der Waals surface area contributed by atoms with Gasteiger partial charge in [0.15, 0.2) is 0 Å². The summed E-state index contributed by atoms with van der Waals surface area (Å²) < 4.78 is 5.05. The highest BCUT2D eigenvalue weighted by molar-refractivity contribution is 5.91. The molecule has 1 N–H and O–H groups in total. The predicted molar refractivity (Wildman–Crippen MR) is 92.9 cm³/mol. The second-order valence-corrected chi connectivity index (χ2v) is 6.42. The highest BCUT2D eigenvalue weighted by Gasteiger charge is 2.24. The first kappa shape index (κ1) is 17.2. The van der Waals surface area contributed by atoms with Gasteiger partial charge in [-0.2, -0.15) is 0 Å². The summed E-state index contributed by atoms with van der Waals surface area (Å²) >= 11 is 0. The van der Waals surface area contributed by atoms with Crippen LogP contribution >= 0.6 is 0 Å². The van der Waals surface area contributed by atoms with E-state index in [-0.39, 0.29) is 23.6 Å². The largest absolute Gasteiger partial charge is 0.351 e. The van der Waals surface area contributed by atoms with Crippen molar-refractivity contribution >= 4 is 11.8 Å². The van der Waals surface area contributed by atoms with Crippen molar-refractivity contribution in [1.82, 2.24) is 15.4 Å². The van der Waals surface area contributed by atoms with Crippen molar-refractivity contribution in [2.45, 2.75) is 38.6 Å². The Balaban J connectivity index is 1.77. The molecular weight excluding hydrogens is 318 g/mol. The fourth-order valence-electron chi connectivity index (χ4n) is 3.07. The maximum absolute atomic E-state index is 12.5. The Labute approximate surface area is 147 Å². The number of carbonyl (C=O) groups is 2. The molecule has 1 aromatic carbocycles. The Morgan fingerprint density at radius 2 is 2.08 bits per heavy atom. The van der Waals surface area contributed by atoms with Gasteiger partial charge in [0.1, 0.15) is 0 Å². The molecule has 1 fully saturated rings. The van der Waals surface area contributed by atoms with Gasteiger partial charge >= 0.3 is 0 Å². The molecule has 3 rings (SSSR count). The van der Waals surface area contributed by atoms with Gasteiger partial charge in [-0.1, -0.05) is 41.9 Å². The minimum absolute atomic E-state index is 0.156. The highest BCUT2D eigenvalue weighted by atomic mass is 16.5. The van der Waals surface area contributed by atoms with E-state index in [9.17, 15) is 9.59 Å². The van der Waals surface area contributed by atoms with Crippen molar-refractivity contribution in [2.24, 2.45) is 0 Å². The molecule has 1 aliphatic rings. The number of carbonyl (C=O) groups excluding carboxylic acids is 2. The molecule has 1 saturated heterocycles. The van der Waals surface area contributed by atoms with Gasteiger partial charge in [-0.15, -0.1) is 0 Å². The molecule has 0 spiro atoms. The van der Waals surface area contributed by atoms with Crippen molar-refractivity contribution in [3.8, 4) is 0 Å². The standard InChI is InChI=1S/C19H23N3O3/c1-14-12-17(25-21-14)19(24)20-16(15-8-4-2-5-9-15)13-22-11-7-3-6-10-18(22)23/h2,4-5,8-9,12,16H,3,6-7,10-11,13H2,1H3,(H,20,24)/t16-/m0/s1. The van der Waals surface area contributed by atoms with E-state index < -0.39 is 0 Å². The summed E-state index contributed by atoms with van der Waals surface area (Å²) in [5.41, 5.74) is 1.62. The van der Waals surface area contributed by atoms with E-state index in [1.165, 1.54) is 0 Å². The molecular formula is C19H23N3O3. The Bertz CT molecular complexity index is 727. The van der Waals surface area contributed by atoms with Crippen LogP contribution in [-0.4, -0.2) is 35.0 Å². The minimum Gasteiger partial charge on any atom is -0.351 e. The second kappa shape index (κ2) is 7.96. The molecule has 6 heteroatoms. The summed E-state index contributed by atoms with van der Waals surface area (Å²) in [6.07, 6.45) is 3.59. The Morgan fingerprint density at radius 3 is 2.80 bits per heavy atom. The first-order chi connectivity index (χ1) is 12.1. The summed E-state index contributed by atoms with van der Waals surface area (Å²) in [5.74, 6) is 0.0144. The molecule has 2 heterocycles. The molecule has 0 bridgehead atoms. The smallest absolute Gasteiger partial charge is 0.290 e. The predicted octanol–water partition coefficient (Wildman–Crippen LogP) is 2.86. The SMILES string of the molecule is Cc1cc(C(=O)N[C@@H](CN2CCCCCC2=O)c2ccccc2)on1. The second-order valence-electron chi connectivity index (χ2n) is 6.42. The Kier molecular flexibility index (Phi) is 5.48. The summed E-state index contributed by atoms with van der Waals surface area (Å²) in [5, 5.41) is 6.74. The van der Waals surface area contributed by atoms with Crippen LogP contribution in [0.25, 0.3) is 0 Å². The zero-order valence-electron chi connectivity index (χ0n) is 14.4. The molecule has 1 aromatic heterocycles. The van der Waals surface area contributed by atoms with Crippen LogP contribution in [0.4, 0.5) is 0 Å². The summed E-state index contributed by atoms with van der Waals surface area (Å²) in [4.78, 5) is 26.7. The molecule has 0 saturated carbocycles. The summed E-state index contributed by atoms with van der Waals surface area (Å²) in [6.45, 7) is 2.96. The van der Waals surface area contributed by atoms with Crippen molar-refractivity contribution in [1.29, 1.82) is 0 Å². The van der Waals surface area contributed by atoms with Gasteiger partial charge in [0, 0.05) is 25.6 Å². The number of amides is 2. The molecule has 2 amide bonds. The van der Waals surface area contributed by atoms with Crippen molar-refractivity contribution in [3.63, 3.8) is 0 Å². The number of hydrogen-bond donors (Lipinski definition) is 1. The van der Waals surface area contributed by atoms with E-state index in [1.54, 1.807) is 13.0 Å². The fraction of sp³-hybridized carbons (Fsp3) is 0.421. The molecule has 25 heavy (non-hydrogen) atoms. The van der Waals surface area contributed by atoms with Crippen molar-refractivity contribution in [3.05, 3.63) is 53.4 Å². The van der Waals surface area contributed by atoms with Gasteiger partial charge < -0.3 is 14.7 Å². The third kappa shape index (κ3) is 4.47. The van der Waals surface area contributed by atoms with E-state index >= 15 is 0 Å². The number of aromatic nitrogens is 1. The number of nitrogens with zero attached hydrogens (tertiary/aromatic N) is 2. The number of aryl methyl sites for hydroxylation is 1. The maximum atomic E-state index is 12.5. The van der Waals surface area contributed by atoms with Crippen LogP contribution in [0.1, 0.15) is 53.5 Å². The van der Waals surface area contributed by atoms with Crippen LogP contribution in [0, 0.1) is 6.92 Å². The quantitative estimate of drug-likeness (QED) is 0.907. The first-order valence-electron chi connectivity index (χ1n) is 8.70. The highest BCUT2D eigenvalue weighted by Crippen LogP contribution is 2.19. The van der Waals surface area contributed by atoms with Crippen LogP contribution in [0.5, 0.6) is 0 Å². The van der Waals surface area contributed by atoms with Crippen molar-refractivity contribution in [2.75, 3.05) is 13.1 Å². The number of nitrogens with one attached hydrogen (secondary N) is 1. The van der Waals surface area contributed by atoms with E-state index in [0.29, 0.717) is 18.7 Å². The van der Waals surface area contributed by atoms with Gasteiger partial charge in [-0.25, -0.2) is 0 Å². The average molecular weight is 341 g/mol. The molecule has 0 unspecified atom stereocenters. The molecule has 0 aliphatic carbocycles. The maximum Gasteiger partial charge on any atom is 0.290 e. The lowest BCUT2D eigenvalue weighted by Crippen LogP contribution is -2.40. The van der Waals surface area contributed by atoms with Gasteiger partial charge in [0.05, 0.1) is 11.7 Å². The number of likely N-dealkylation sites (tertiary alicyclic amines) is 1. The van der Waals surface area contributed by atoms with E-state index in [0.717, 1.165) is 31.4 Å². The van der Waals surface area contributed by atoms with Gasteiger partial charge in [-0.3, -0.25) is 9.59 Å². The minimum atomic E-state index is -0.322. The lowest BCUT2D eigenvalue weighted by molar-refractivity contribution is -0.131. The van der Waals surface area contributed by atoms with Gasteiger partial charge in [0.2, 0.25) is 11.7 Å². The molecule has 1 atom stereocenters. The molecule has 1 aliphatic heterocycles. The summed E-state index contributed by atoms with van der Waals surface area (Å²) in [7, 11) is 0. The van der Waals surface area contributed by atoms with E-state index in [4.69, 9.17) is 4.52 Å². The van der Waals surface area contributed by atoms with Crippen LogP contribution in [0.3, 0.4) is 0 Å². The third-order valence-corrected chi connectivity index (χ3v) is 4.43.